The lowest BCUT2D eigenvalue weighted by Crippen LogP contribution is -2.38. The molecular formula is C15H26N2O3. The molecule has 1 atom stereocenters. The van der Waals surface area contributed by atoms with E-state index in [1.54, 1.807) is 4.90 Å². The number of carbonyl (C=O) groups is 2. The Balaban J connectivity index is 1.90. The van der Waals surface area contributed by atoms with Gasteiger partial charge in [0.25, 0.3) is 0 Å². The molecule has 0 aromatic carbocycles. The van der Waals surface area contributed by atoms with Gasteiger partial charge in [-0.2, -0.15) is 0 Å². The minimum Gasteiger partial charge on any atom is -0.481 e. The number of likely N-dealkylation sites (tertiary alicyclic amines) is 1. The van der Waals surface area contributed by atoms with Gasteiger partial charge in [-0.05, 0) is 44.7 Å². The molecule has 2 saturated heterocycles. The molecule has 1 amide bonds. The molecule has 2 aliphatic heterocycles. The Bertz CT molecular complexity index is 366. The highest BCUT2D eigenvalue weighted by Gasteiger charge is 2.45. The molecule has 5 nitrogen and oxygen atoms in total. The Kier molecular flexibility index (Phi) is 5.02. The number of aliphatic carboxylic acids is 1. The van der Waals surface area contributed by atoms with Crippen molar-refractivity contribution in [2.24, 2.45) is 11.3 Å². The zero-order valence-corrected chi connectivity index (χ0v) is 12.4. The Labute approximate surface area is 120 Å². The first-order valence-electron chi connectivity index (χ1n) is 7.79. The van der Waals surface area contributed by atoms with Crippen molar-refractivity contribution in [2.45, 2.75) is 45.4 Å². The summed E-state index contributed by atoms with van der Waals surface area (Å²) >= 11 is 0. The number of amides is 1. The molecule has 0 aliphatic carbocycles. The van der Waals surface area contributed by atoms with Gasteiger partial charge >= 0.3 is 5.97 Å². The first kappa shape index (κ1) is 15.3. The fraction of sp³-hybridized carbons (Fsp3) is 0.867. The lowest BCUT2D eigenvalue weighted by atomic mass is 9.83. The van der Waals surface area contributed by atoms with Crippen LogP contribution in [0, 0.1) is 11.3 Å². The summed E-state index contributed by atoms with van der Waals surface area (Å²) in [6.07, 6.45) is 4.82. The summed E-state index contributed by atoms with van der Waals surface area (Å²) in [5.74, 6) is -0.123. The second kappa shape index (κ2) is 6.57. The third-order valence-corrected chi connectivity index (χ3v) is 4.81. The van der Waals surface area contributed by atoms with Crippen molar-refractivity contribution in [1.82, 2.24) is 10.2 Å². The van der Waals surface area contributed by atoms with Gasteiger partial charge in [-0.1, -0.05) is 13.3 Å². The summed E-state index contributed by atoms with van der Waals surface area (Å²) < 4.78 is 0. The zero-order valence-electron chi connectivity index (χ0n) is 12.4. The van der Waals surface area contributed by atoms with Crippen LogP contribution in [0.15, 0.2) is 0 Å². The second-order valence-corrected chi connectivity index (χ2v) is 6.30. The average molecular weight is 282 g/mol. The number of hydrogen-bond acceptors (Lipinski definition) is 3. The molecule has 5 heteroatoms. The Morgan fingerprint density at radius 3 is 2.65 bits per heavy atom. The molecule has 0 bridgehead atoms. The third-order valence-electron chi connectivity index (χ3n) is 4.81. The maximum atomic E-state index is 12.3. The highest BCUT2D eigenvalue weighted by molar-refractivity contribution is 5.80. The summed E-state index contributed by atoms with van der Waals surface area (Å²) in [5, 5.41) is 12.8. The molecule has 0 aromatic rings. The van der Waals surface area contributed by atoms with Crippen LogP contribution in [0.3, 0.4) is 0 Å². The molecule has 2 heterocycles. The molecule has 0 radical (unpaired) electrons. The molecule has 2 N–H and O–H groups in total. The maximum Gasteiger partial charge on any atom is 0.311 e. The van der Waals surface area contributed by atoms with Crippen molar-refractivity contribution in [1.29, 1.82) is 0 Å². The van der Waals surface area contributed by atoms with Crippen molar-refractivity contribution in [3.63, 3.8) is 0 Å². The monoisotopic (exact) mass is 282 g/mol. The van der Waals surface area contributed by atoms with Crippen molar-refractivity contribution in [3.05, 3.63) is 0 Å². The summed E-state index contributed by atoms with van der Waals surface area (Å²) in [5.41, 5.74) is -0.696. The largest absolute Gasteiger partial charge is 0.481 e. The fourth-order valence-corrected chi connectivity index (χ4v) is 3.51. The van der Waals surface area contributed by atoms with Crippen molar-refractivity contribution >= 4 is 11.9 Å². The Hall–Kier alpha value is -1.10. The predicted octanol–water partition coefficient (Wildman–Crippen LogP) is 1.48. The lowest BCUT2D eigenvalue weighted by molar-refractivity contribution is -0.149. The highest BCUT2D eigenvalue weighted by Crippen LogP contribution is 2.36. The smallest absolute Gasteiger partial charge is 0.311 e. The molecule has 2 rings (SSSR count). The minimum absolute atomic E-state index is 0.149. The van der Waals surface area contributed by atoms with Gasteiger partial charge in [-0.15, -0.1) is 0 Å². The summed E-state index contributed by atoms with van der Waals surface area (Å²) in [6, 6.07) is 0. The van der Waals surface area contributed by atoms with Gasteiger partial charge in [0.1, 0.15) is 0 Å². The normalized spacial score (nSPS) is 27.8. The van der Waals surface area contributed by atoms with Crippen LogP contribution in [0.4, 0.5) is 0 Å². The predicted molar refractivity (Wildman–Crippen MR) is 76.4 cm³/mol. The molecular weight excluding hydrogens is 256 g/mol. The van der Waals surface area contributed by atoms with Crippen LogP contribution in [-0.2, 0) is 9.59 Å². The van der Waals surface area contributed by atoms with E-state index in [0.29, 0.717) is 38.3 Å². The zero-order chi connectivity index (χ0) is 14.6. The van der Waals surface area contributed by atoms with Crippen molar-refractivity contribution in [3.8, 4) is 0 Å². The van der Waals surface area contributed by atoms with Crippen LogP contribution >= 0.6 is 0 Å². The van der Waals surface area contributed by atoms with Gasteiger partial charge in [0.05, 0.1) is 5.41 Å². The number of carbonyl (C=O) groups excluding carboxylic acids is 1. The third kappa shape index (κ3) is 3.32. The van der Waals surface area contributed by atoms with E-state index in [-0.39, 0.29) is 5.91 Å². The quantitative estimate of drug-likeness (QED) is 0.801. The first-order valence-corrected chi connectivity index (χ1v) is 7.79. The first-order chi connectivity index (χ1) is 9.57. The topological polar surface area (TPSA) is 69.6 Å². The van der Waals surface area contributed by atoms with E-state index < -0.39 is 11.4 Å². The summed E-state index contributed by atoms with van der Waals surface area (Å²) in [7, 11) is 0. The second-order valence-electron chi connectivity index (χ2n) is 6.30. The molecule has 0 aromatic heterocycles. The SMILES string of the molecule is CCCC1(C(=O)O)CCN(C(=O)CC2CCNCC2)C1. The highest BCUT2D eigenvalue weighted by atomic mass is 16.4. The van der Waals surface area contributed by atoms with Crippen LogP contribution in [0.1, 0.15) is 45.4 Å². The van der Waals surface area contributed by atoms with Crippen LogP contribution in [0.5, 0.6) is 0 Å². The summed E-state index contributed by atoms with van der Waals surface area (Å²) in [6.45, 7) is 5.00. The number of carboxylic acids is 1. The summed E-state index contributed by atoms with van der Waals surface area (Å²) in [4.78, 5) is 25.6. The van der Waals surface area contributed by atoms with Crippen LogP contribution in [0.2, 0.25) is 0 Å². The maximum absolute atomic E-state index is 12.3. The molecule has 114 valence electrons. The number of rotatable bonds is 5. The van der Waals surface area contributed by atoms with E-state index >= 15 is 0 Å². The van der Waals surface area contributed by atoms with E-state index in [0.717, 1.165) is 32.4 Å². The van der Waals surface area contributed by atoms with Crippen molar-refractivity contribution < 1.29 is 14.7 Å². The standard InChI is InChI=1S/C15H26N2O3/c1-2-5-15(14(19)20)6-9-17(11-15)13(18)10-12-3-7-16-8-4-12/h12,16H,2-11H2,1H3,(H,19,20). The lowest BCUT2D eigenvalue weighted by Gasteiger charge is -2.26. The van der Waals surface area contributed by atoms with Gasteiger partial charge < -0.3 is 15.3 Å². The van der Waals surface area contributed by atoms with Gasteiger partial charge in [0, 0.05) is 19.5 Å². The van der Waals surface area contributed by atoms with E-state index in [4.69, 9.17) is 0 Å². The number of nitrogens with zero attached hydrogens (tertiary/aromatic N) is 1. The van der Waals surface area contributed by atoms with Crippen LogP contribution in [0.25, 0.3) is 0 Å². The molecule has 1 unspecified atom stereocenters. The van der Waals surface area contributed by atoms with Crippen LogP contribution < -0.4 is 5.32 Å². The fourth-order valence-electron chi connectivity index (χ4n) is 3.51. The molecule has 2 fully saturated rings. The van der Waals surface area contributed by atoms with Crippen molar-refractivity contribution in [2.75, 3.05) is 26.2 Å². The number of hydrogen-bond donors (Lipinski definition) is 2. The Morgan fingerprint density at radius 1 is 1.35 bits per heavy atom. The molecule has 2 aliphatic rings. The van der Waals surface area contributed by atoms with Gasteiger partial charge in [0.15, 0.2) is 0 Å². The molecule has 0 saturated carbocycles. The average Bonchev–Trinajstić information content (AvgIpc) is 2.86. The van der Waals surface area contributed by atoms with Gasteiger partial charge in [0.2, 0.25) is 5.91 Å². The van der Waals surface area contributed by atoms with E-state index in [9.17, 15) is 14.7 Å². The Morgan fingerprint density at radius 2 is 2.05 bits per heavy atom. The number of carboxylic acid groups (broad SMARTS) is 1. The van der Waals surface area contributed by atoms with Gasteiger partial charge in [-0.25, -0.2) is 0 Å². The van der Waals surface area contributed by atoms with E-state index in [1.807, 2.05) is 6.92 Å². The van der Waals surface area contributed by atoms with Gasteiger partial charge in [-0.3, -0.25) is 9.59 Å². The molecule has 20 heavy (non-hydrogen) atoms. The number of piperidine rings is 1. The van der Waals surface area contributed by atoms with Crippen LogP contribution in [-0.4, -0.2) is 48.1 Å². The minimum atomic E-state index is -0.739. The van der Waals surface area contributed by atoms with E-state index in [1.165, 1.54) is 0 Å². The molecule has 0 spiro atoms. The number of nitrogens with one attached hydrogen (secondary N) is 1. The van der Waals surface area contributed by atoms with E-state index in [2.05, 4.69) is 5.32 Å².